The molecule has 0 bridgehead atoms. The normalized spacial score (nSPS) is 15.9. The van der Waals surface area contributed by atoms with Gasteiger partial charge in [-0.2, -0.15) is 0 Å². The van der Waals surface area contributed by atoms with Gasteiger partial charge in [-0.15, -0.1) is 0 Å². The largest absolute Gasteiger partial charge is 0.493 e. The molecule has 1 fully saturated rings. The highest BCUT2D eigenvalue weighted by Crippen LogP contribution is 2.34. The standard InChI is InChI=1S/C17H19NO6S/c1-10(2)24-12-6-5-11(7-13(12)22-3)8-14-16(20)18(17(21)25-14)9-15(19)23-4/h5-8,10H,9H2,1-4H3/b14-8-. The molecule has 2 rings (SSSR count). The van der Waals surface area contributed by atoms with E-state index in [4.69, 9.17) is 9.47 Å². The van der Waals surface area contributed by atoms with E-state index in [1.54, 1.807) is 24.3 Å². The second-order valence-corrected chi connectivity index (χ2v) is 6.41. The molecule has 8 heteroatoms. The summed E-state index contributed by atoms with van der Waals surface area (Å²) in [5.41, 5.74) is 0.677. The van der Waals surface area contributed by atoms with Crippen LogP contribution in [-0.2, 0) is 14.3 Å². The molecule has 0 unspecified atom stereocenters. The lowest BCUT2D eigenvalue weighted by atomic mass is 10.2. The second kappa shape index (κ2) is 8.06. The molecule has 1 aliphatic rings. The Morgan fingerprint density at radius 3 is 2.56 bits per heavy atom. The van der Waals surface area contributed by atoms with E-state index < -0.39 is 23.7 Å². The summed E-state index contributed by atoms with van der Waals surface area (Å²) in [4.78, 5) is 36.6. The highest BCUT2D eigenvalue weighted by atomic mass is 32.2. The number of ether oxygens (including phenoxy) is 3. The van der Waals surface area contributed by atoms with Gasteiger partial charge in [0, 0.05) is 0 Å². The first-order valence-corrected chi connectivity index (χ1v) is 8.34. The minimum atomic E-state index is -0.652. The fourth-order valence-corrected chi connectivity index (χ4v) is 2.94. The molecule has 1 saturated heterocycles. The molecule has 0 saturated carbocycles. The second-order valence-electron chi connectivity index (χ2n) is 5.42. The summed E-state index contributed by atoms with van der Waals surface area (Å²) in [6.45, 7) is 3.42. The summed E-state index contributed by atoms with van der Waals surface area (Å²) < 4.78 is 15.4. The number of methoxy groups -OCH3 is 2. The van der Waals surface area contributed by atoms with Crippen molar-refractivity contribution in [3.63, 3.8) is 0 Å². The minimum absolute atomic E-state index is 0.00503. The molecule has 0 atom stereocenters. The van der Waals surface area contributed by atoms with Gasteiger partial charge in [-0.25, -0.2) is 0 Å². The van der Waals surface area contributed by atoms with Crippen LogP contribution in [0.3, 0.4) is 0 Å². The van der Waals surface area contributed by atoms with Crippen LogP contribution >= 0.6 is 11.8 Å². The SMILES string of the molecule is COC(=O)CN1C(=O)S/C(=C\c2ccc(OC(C)C)c(OC)c2)C1=O. The maximum atomic E-state index is 12.3. The molecule has 2 amide bonds. The predicted octanol–water partition coefficient (Wildman–Crippen LogP) is 2.69. The van der Waals surface area contributed by atoms with Crippen molar-refractivity contribution in [3.8, 4) is 11.5 Å². The third-order valence-electron chi connectivity index (χ3n) is 3.24. The number of nitrogens with zero attached hydrogens (tertiary/aromatic N) is 1. The van der Waals surface area contributed by atoms with Gasteiger partial charge in [0.1, 0.15) is 6.54 Å². The summed E-state index contributed by atoms with van der Waals surface area (Å²) in [6.07, 6.45) is 1.57. The van der Waals surface area contributed by atoms with Crippen LogP contribution in [0.1, 0.15) is 19.4 Å². The number of benzene rings is 1. The van der Waals surface area contributed by atoms with Crippen molar-refractivity contribution in [1.82, 2.24) is 4.90 Å². The molecule has 1 aliphatic heterocycles. The molecule has 0 aliphatic carbocycles. The Labute approximate surface area is 149 Å². The monoisotopic (exact) mass is 365 g/mol. The molecule has 0 radical (unpaired) electrons. The Balaban J connectivity index is 2.24. The third-order valence-corrected chi connectivity index (χ3v) is 4.14. The average Bonchev–Trinajstić information content (AvgIpc) is 2.83. The molecular weight excluding hydrogens is 346 g/mol. The Kier molecular flexibility index (Phi) is 6.08. The quantitative estimate of drug-likeness (QED) is 0.566. The maximum absolute atomic E-state index is 12.3. The van der Waals surface area contributed by atoms with Crippen LogP contribution < -0.4 is 9.47 Å². The number of imide groups is 1. The van der Waals surface area contributed by atoms with Gasteiger partial charge in [-0.3, -0.25) is 19.3 Å². The maximum Gasteiger partial charge on any atom is 0.325 e. The van der Waals surface area contributed by atoms with E-state index in [0.29, 0.717) is 17.1 Å². The molecule has 1 heterocycles. The van der Waals surface area contributed by atoms with Crippen LogP contribution in [0.15, 0.2) is 23.1 Å². The number of thioether (sulfide) groups is 1. The minimum Gasteiger partial charge on any atom is -0.493 e. The van der Waals surface area contributed by atoms with E-state index >= 15 is 0 Å². The number of rotatable bonds is 6. The van der Waals surface area contributed by atoms with Crippen molar-refractivity contribution < 1.29 is 28.6 Å². The Bertz CT molecular complexity index is 728. The molecule has 7 nitrogen and oxygen atoms in total. The molecule has 0 aromatic heterocycles. The lowest BCUT2D eigenvalue weighted by Crippen LogP contribution is -2.34. The number of hydrogen-bond donors (Lipinski definition) is 0. The first-order chi connectivity index (χ1) is 11.8. The van der Waals surface area contributed by atoms with Gasteiger partial charge >= 0.3 is 5.97 Å². The van der Waals surface area contributed by atoms with Crippen molar-refractivity contribution in [2.45, 2.75) is 20.0 Å². The van der Waals surface area contributed by atoms with Crippen molar-refractivity contribution >= 4 is 35.0 Å². The van der Waals surface area contributed by atoms with Crippen LogP contribution in [0.2, 0.25) is 0 Å². The summed E-state index contributed by atoms with van der Waals surface area (Å²) in [5.74, 6) is -0.0630. The lowest BCUT2D eigenvalue weighted by Gasteiger charge is -2.14. The molecule has 0 N–H and O–H groups in total. The van der Waals surface area contributed by atoms with Crippen LogP contribution in [0, 0.1) is 0 Å². The molecule has 1 aromatic carbocycles. The van der Waals surface area contributed by atoms with E-state index in [9.17, 15) is 14.4 Å². The topological polar surface area (TPSA) is 82.1 Å². The highest BCUT2D eigenvalue weighted by Gasteiger charge is 2.36. The van der Waals surface area contributed by atoms with Gasteiger partial charge in [0.25, 0.3) is 11.1 Å². The molecule has 25 heavy (non-hydrogen) atoms. The van der Waals surface area contributed by atoms with Gasteiger partial charge in [-0.1, -0.05) is 6.07 Å². The summed E-state index contributed by atoms with van der Waals surface area (Å²) in [7, 11) is 2.72. The molecular formula is C17H19NO6S. The number of carbonyl (C=O) groups is 3. The van der Waals surface area contributed by atoms with Crippen molar-refractivity contribution in [3.05, 3.63) is 28.7 Å². The van der Waals surface area contributed by atoms with Crippen molar-refractivity contribution in [2.24, 2.45) is 0 Å². The lowest BCUT2D eigenvalue weighted by molar-refractivity contribution is -0.143. The Hall–Kier alpha value is -2.48. The van der Waals surface area contributed by atoms with Gasteiger partial charge in [-0.05, 0) is 49.4 Å². The molecule has 1 aromatic rings. The summed E-state index contributed by atoms with van der Waals surface area (Å²) in [5, 5.41) is -0.506. The van der Waals surface area contributed by atoms with E-state index in [-0.39, 0.29) is 11.0 Å². The van der Waals surface area contributed by atoms with Gasteiger partial charge < -0.3 is 14.2 Å². The smallest absolute Gasteiger partial charge is 0.325 e. The molecule has 134 valence electrons. The summed E-state index contributed by atoms with van der Waals surface area (Å²) >= 11 is 0.776. The van der Waals surface area contributed by atoms with Crippen molar-refractivity contribution in [2.75, 3.05) is 20.8 Å². The fourth-order valence-electron chi connectivity index (χ4n) is 2.11. The fraction of sp³-hybridized carbons (Fsp3) is 0.353. The average molecular weight is 365 g/mol. The van der Waals surface area contributed by atoms with Crippen LogP contribution in [0.5, 0.6) is 11.5 Å². The predicted molar refractivity (Wildman–Crippen MR) is 93.5 cm³/mol. The highest BCUT2D eigenvalue weighted by molar-refractivity contribution is 8.18. The molecule has 0 spiro atoms. The van der Waals surface area contributed by atoms with Crippen LogP contribution in [-0.4, -0.2) is 48.9 Å². The van der Waals surface area contributed by atoms with Crippen molar-refractivity contribution in [1.29, 1.82) is 0 Å². The first kappa shape index (κ1) is 18.9. The van der Waals surface area contributed by atoms with Crippen LogP contribution in [0.25, 0.3) is 6.08 Å². The number of carbonyl (C=O) groups excluding carboxylic acids is 3. The van der Waals surface area contributed by atoms with Crippen LogP contribution in [0.4, 0.5) is 4.79 Å². The zero-order valence-electron chi connectivity index (χ0n) is 14.4. The number of amides is 2. The number of esters is 1. The third kappa shape index (κ3) is 4.54. The van der Waals surface area contributed by atoms with E-state index in [0.717, 1.165) is 16.7 Å². The summed E-state index contributed by atoms with van der Waals surface area (Å²) in [6, 6.07) is 5.21. The Morgan fingerprint density at radius 1 is 1.24 bits per heavy atom. The van der Waals surface area contributed by atoms with E-state index in [1.807, 2.05) is 13.8 Å². The zero-order chi connectivity index (χ0) is 18.6. The number of hydrogen-bond acceptors (Lipinski definition) is 7. The van der Waals surface area contributed by atoms with Gasteiger partial charge in [0.15, 0.2) is 11.5 Å². The van der Waals surface area contributed by atoms with Gasteiger partial charge in [0.05, 0.1) is 25.2 Å². The zero-order valence-corrected chi connectivity index (χ0v) is 15.2. The van der Waals surface area contributed by atoms with E-state index in [1.165, 1.54) is 14.2 Å². The van der Waals surface area contributed by atoms with E-state index in [2.05, 4.69) is 4.74 Å². The first-order valence-electron chi connectivity index (χ1n) is 7.52. The van der Waals surface area contributed by atoms with Gasteiger partial charge in [0.2, 0.25) is 0 Å². The Morgan fingerprint density at radius 2 is 1.96 bits per heavy atom.